The maximum atomic E-state index is 12.0. The molecular formula is C14H13N3O. The topological polar surface area (TPSA) is 61.5 Å². The first-order chi connectivity index (χ1) is 8.83. The van der Waals surface area contributed by atoms with E-state index in [1.165, 1.54) is 0 Å². The Bertz CT molecular complexity index is 667. The van der Waals surface area contributed by atoms with Crippen molar-refractivity contribution in [1.29, 1.82) is 0 Å². The first kappa shape index (κ1) is 10.8. The first-order valence-corrected chi connectivity index (χ1v) is 5.87. The summed E-state index contributed by atoms with van der Waals surface area (Å²) >= 11 is 0. The number of Topliss-reactive ketones (excluding diaryl/α,β-unsaturated/α-hetero) is 1. The molecule has 18 heavy (non-hydrogen) atoms. The van der Waals surface area contributed by atoms with E-state index in [4.69, 9.17) is 0 Å². The van der Waals surface area contributed by atoms with Crippen LogP contribution in [0.3, 0.4) is 0 Å². The second kappa shape index (κ2) is 4.49. The minimum atomic E-state index is 0.184. The molecule has 0 radical (unpaired) electrons. The lowest BCUT2D eigenvalue weighted by Gasteiger charge is -1.98. The SMILES string of the molecule is O=C(Cc1cnc[nH]1)Cc1c[nH]c2ccccc12. The number of carbonyl (C=O) groups excluding carboxylic acids is 1. The van der Waals surface area contributed by atoms with E-state index in [2.05, 4.69) is 15.0 Å². The Balaban J connectivity index is 1.78. The predicted octanol–water partition coefficient (Wildman–Crippen LogP) is 2.25. The molecular weight excluding hydrogens is 226 g/mol. The van der Waals surface area contributed by atoms with Crippen LogP contribution >= 0.6 is 0 Å². The molecule has 90 valence electrons. The van der Waals surface area contributed by atoms with Crippen LogP contribution in [0.25, 0.3) is 10.9 Å². The molecule has 0 amide bonds. The van der Waals surface area contributed by atoms with Gasteiger partial charge < -0.3 is 9.97 Å². The third-order valence-electron chi connectivity index (χ3n) is 3.01. The molecule has 0 spiro atoms. The van der Waals surface area contributed by atoms with E-state index < -0.39 is 0 Å². The van der Waals surface area contributed by atoms with Crippen molar-refractivity contribution < 1.29 is 4.79 Å². The van der Waals surface area contributed by atoms with Gasteiger partial charge >= 0.3 is 0 Å². The number of hydrogen-bond donors (Lipinski definition) is 2. The van der Waals surface area contributed by atoms with Crippen molar-refractivity contribution in [1.82, 2.24) is 15.0 Å². The van der Waals surface area contributed by atoms with Crippen LogP contribution in [-0.2, 0) is 17.6 Å². The van der Waals surface area contributed by atoms with Crippen molar-refractivity contribution in [3.63, 3.8) is 0 Å². The Hall–Kier alpha value is -2.36. The number of rotatable bonds is 4. The average Bonchev–Trinajstić information content (AvgIpc) is 3.00. The average molecular weight is 239 g/mol. The number of H-pyrrole nitrogens is 2. The summed E-state index contributed by atoms with van der Waals surface area (Å²) in [6.45, 7) is 0. The van der Waals surface area contributed by atoms with Crippen LogP contribution in [0.2, 0.25) is 0 Å². The Labute approximate surface area is 104 Å². The largest absolute Gasteiger partial charge is 0.361 e. The third kappa shape index (κ3) is 2.05. The second-order valence-corrected chi connectivity index (χ2v) is 4.33. The zero-order valence-corrected chi connectivity index (χ0v) is 9.81. The summed E-state index contributed by atoms with van der Waals surface area (Å²) in [6, 6.07) is 8.01. The van der Waals surface area contributed by atoms with Gasteiger partial charge in [0, 0.05) is 41.8 Å². The molecule has 0 atom stereocenters. The number of nitrogens with zero attached hydrogens (tertiary/aromatic N) is 1. The third-order valence-corrected chi connectivity index (χ3v) is 3.01. The van der Waals surface area contributed by atoms with E-state index in [-0.39, 0.29) is 5.78 Å². The molecule has 2 N–H and O–H groups in total. The Morgan fingerprint density at radius 3 is 2.89 bits per heavy atom. The fourth-order valence-electron chi connectivity index (χ4n) is 2.15. The molecule has 0 saturated carbocycles. The number of nitrogens with one attached hydrogen (secondary N) is 2. The molecule has 0 aliphatic carbocycles. The van der Waals surface area contributed by atoms with Gasteiger partial charge in [-0.1, -0.05) is 18.2 Å². The van der Waals surface area contributed by atoms with Crippen molar-refractivity contribution in [2.45, 2.75) is 12.8 Å². The molecule has 3 rings (SSSR count). The van der Waals surface area contributed by atoms with Gasteiger partial charge in [-0.3, -0.25) is 4.79 Å². The molecule has 0 saturated heterocycles. The molecule has 0 unspecified atom stereocenters. The number of para-hydroxylation sites is 1. The highest BCUT2D eigenvalue weighted by molar-refractivity contribution is 5.90. The number of fused-ring (bicyclic) bond motifs is 1. The fraction of sp³-hybridized carbons (Fsp3) is 0.143. The molecule has 1 aromatic carbocycles. The van der Waals surface area contributed by atoms with E-state index in [1.54, 1.807) is 12.5 Å². The van der Waals surface area contributed by atoms with E-state index in [1.807, 2.05) is 30.5 Å². The number of aromatic amines is 2. The van der Waals surface area contributed by atoms with Gasteiger partial charge in [-0.15, -0.1) is 0 Å². The Kier molecular flexibility index (Phi) is 2.68. The lowest BCUT2D eigenvalue weighted by molar-refractivity contribution is -0.117. The highest BCUT2D eigenvalue weighted by Gasteiger charge is 2.09. The van der Waals surface area contributed by atoms with Gasteiger partial charge in [0.05, 0.1) is 6.33 Å². The lowest BCUT2D eigenvalue weighted by atomic mass is 10.1. The quantitative estimate of drug-likeness (QED) is 0.733. The van der Waals surface area contributed by atoms with Crippen molar-refractivity contribution in [2.75, 3.05) is 0 Å². The molecule has 0 bridgehead atoms. The van der Waals surface area contributed by atoms with Crippen LogP contribution in [0.4, 0.5) is 0 Å². The zero-order valence-electron chi connectivity index (χ0n) is 9.81. The lowest BCUT2D eigenvalue weighted by Crippen LogP contribution is -2.06. The summed E-state index contributed by atoms with van der Waals surface area (Å²) in [6.07, 6.45) is 6.04. The summed E-state index contributed by atoms with van der Waals surface area (Å²) < 4.78 is 0. The van der Waals surface area contributed by atoms with Gasteiger partial charge in [0.2, 0.25) is 0 Å². The number of carbonyl (C=O) groups is 1. The standard InChI is InChI=1S/C14H13N3O/c18-12(6-11-8-15-9-17-11)5-10-7-16-14-4-2-1-3-13(10)14/h1-4,7-9,16H,5-6H2,(H,15,17). The highest BCUT2D eigenvalue weighted by Crippen LogP contribution is 2.18. The molecule has 2 heterocycles. The maximum absolute atomic E-state index is 12.0. The Morgan fingerprint density at radius 2 is 2.06 bits per heavy atom. The van der Waals surface area contributed by atoms with E-state index in [0.29, 0.717) is 12.8 Å². The predicted molar refractivity (Wildman–Crippen MR) is 69.3 cm³/mol. The minimum Gasteiger partial charge on any atom is -0.361 e. The first-order valence-electron chi connectivity index (χ1n) is 5.87. The van der Waals surface area contributed by atoms with Crippen LogP contribution in [0, 0.1) is 0 Å². The van der Waals surface area contributed by atoms with Gasteiger partial charge in [0.25, 0.3) is 0 Å². The molecule has 0 aliphatic rings. The zero-order chi connectivity index (χ0) is 12.4. The summed E-state index contributed by atoms with van der Waals surface area (Å²) in [4.78, 5) is 22.0. The summed E-state index contributed by atoms with van der Waals surface area (Å²) in [7, 11) is 0. The number of benzene rings is 1. The van der Waals surface area contributed by atoms with Crippen molar-refractivity contribution in [3.8, 4) is 0 Å². The molecule has 2 aromatic heterocycles. The normalized spacial score (nSPS) is 10.9. The van der Waals surface area contributed by atoms with Gasteiger partial charge in [0.1, 0.15) is 5.78 Å². The molecule has 0 fully saturated rings. The molecule has 3 aromatic rings. The van der Waals surface area contributed by atoms with Crippen molar-refractivity contribution >= 4 is 16.7 Å². The van der Waals surface area contributed by atoms with Crippen LogP contribution < -0.4 is 0 Å². The summed E-state index contributed by atoms with van der Waals surface area (Å²) in [5.74, 6) is 0.184. The maximum Gasteiger partial charge on any atom is 0.143 e. The number of imidazole rings is 1. The smallest absolute Gasteiger partial charge is 0.143 e. The fourth-order valence-corrected chi connectivity index (χ4v) is 2.15. The van der Waals surface area contributed by atoms with E-state index in [9.17, 15) is 4.79 Å². The summed E-state index contributed by atoms with van der Waals surface area (Å²) in [5, 5.41) is 1.12. The Morgan fingerprint density at radius 1 is 1.17 bits per heavy atom. The van der Waals surface area contributed by atoms with Crippen LogP contribution in [0.1, 0.15) is 11.3 Å². The number of aromatic nitrogens is 3. The minimum absolute atomic E-state index is 0.184. The van der Waals surface area contributed by atoms with Gasteiger partial charge in [-0.2, -0.15) is 0 Å². The highest BCUT2D eigenvalue weighted by atomic mass is 16.1. The molecule has 4 heteroatoms. The molecule has 0 aliphatic heterocycles. The van der Waals surface area contributed by atoms with E-state index in [0.717, 1.165) is 22.2 Å². The van der Waals surface area contributed by atoms with Crippen LogP contribution in [0.15, 0.2) is 43.0 Å². The van der Waals surface area contributed by atoms with Crippen LogP contribution in [-0.4, -0.2) is 20.7 Å². The molecule has 4 nitrogen and oxygen atoms in total. The van der Waals surface area contributed by atoms with Crippen molar-refractivity contribution in [3.05, 3.63) is 54.2 Å². The van der Waals surface area contributed by atoms with Gasteiger partial charge in [-0.05, 0) is 11.6 Å². The second-order valence-electron chi connectivity index (χ2n) is 4.33. The van der Waals surface area contributed by atoms with Crippen LogP contribution in [0.5, 0.6) is 0 Å². The number of hydrogen-bond acceptors (Lipinski definition) is 2. The van der Waals surface area contributed by atoms with E-state index >= 15 is 0 Å². The monoisotopic (exact) mass is 239 g/mol. The number of ketones is 1. The van der Waals surface area contributed by atoms with Gasteiger partial charge in [0.15, 0.2) is 0 Å². The van der Waals surface area contributed by atoms with Gasteiger partial charge in [-0.25, -0.2) is 4.98 Å². The van der Waals surface area contributed by atoms with Crippen molar-refractivity contribution in [2.24, 2.45) is 0 Å². The summed E-state index contributed by atoms with van der Waals surface area (Å²) in [5.41, 5.74) is 2.98.